The molecule has 0 saturated heterocycles. The largest absolute Gasteiger partial charge is 0.465 e. The number of rotatable bonds is 9. The normalized spacial score (nSPS) is 11.7. The molecule has 0 saturated carbocycles. The van der Waals surface area contributed by atoms with Gasteiger partial charge in [0.15, 0.2) is 6.61 Å². The predicted molar refractivity (Wildman–Crippen MR) is 110 cm³/mol. The fourth-order valence-electron chi connectivity index (χ4n) is 2.61. The molecule has 29 heavy (non-hydrogen) atoms. The van der Waals surface area contributed by atoms with Gasteiger partial charge in [-0.15, -0.1) is 0 Å². The highest BCUT2D eigenvalue weighted by molar-refractivity contribution is 5.91. The summed E-state index contributed by atoms with van der Waals surface area (Å²) < 4.78 is 9.58. The molecule has 0 aromatic heterocycles. The molecule has 0 unspecified atom stereocenters. The van der Waals surface area contributed by atoms with Gasteiger partial charge in [-0.05, 0) is 49.1 Å². The highest BCUT2D eigenvalue weighted by Crippen LogP contribution is 2.08. The van der Waals surface area contributed by atoms with Crippen LogP contribution in [0.5, 0.6) is 0 Å². The molecule has 6 nitrogen and oxygen atoms in total. The van der Waals surface area contributed by atoms with Gasteiger partial charge in [-0.2, -0.15) is 0 Å². The Balaban J connectivity index is 1.70. The Morgan fingerprint density at radius 2 is 1.72 bits per heavy atom. The minimum absolute atomic E-state index is 0.0229. The van der Waals surface area contributed by atoms with Crippen LogP contribution in [0, 0.1) is 0 Å². The van der Waals surface area contributed by atoms with E-state index in [0.717, 1.165) is 12.8 Å². The number of benzene rings is 2. The molecule has 0 spiro atoms. The number of carbonyl (C=O) groups excluding carboxylic acids is 3. The third-order valence-corrected chi connectivity index (χ3v) is 4.21. The molecule has 0 heterocycles. The van der Waals surface area contributed by atoms with Crippen LogP contribution in [0.4, 0.5) is 0 Å². The zero-order valence-electron chi connectivity index (χ0n) is 16.6. The third-order valence-electron chi connectivity index (χ3n) is 4.21. The van der Waals surface area contributed by atoms with Crippen molar-refractivity contribution in [3.63, 3.8) is 0 Å². The molecule has 152 valence electrons. The lowest BCUT2D eigenvalue weighted by molar-refractivity contribution is -0.144. The van der Waals surface area contributed by atoms with E-state index in [0.29, 0.717) is 11.1 Å². The average molecular weight is 395 g/mol. The van der Waals surface area contributed by atoms with E-state index in [4.69, 9.17) is 4.74 Å². The van der Waals surface area contributed by atoms with E-state index in [2.05, 4.69) is 10.1 Å². The molecular formula is C23H25NO5. The van der Waals surface area contributed by atoms with Crippen LogP contribution in [0.2, 0.25) is 0 Å². The molecule has 1 N–H and O–H groups in total. The number of nitrogens with one attached hydrogen (secondary N) is 1. The SMILES string of the molecule is COC(=O)c1ccc(/C=C/C(=O)OCC(=O)N[C@H](C)CCc2ccccc2)cc1. The van der Waals surface area contributed by atoms with Crippen molar-refractivity contribution in [2.75, 3.05) is 13.7 Å². The van der Waals surface area contributed by atoms with Crippen LogP contribution < -0.4 is 5.32 Å². The third kappa shape index (κ3) is 8.01. The lowest BCUT2D eigenvalue weighted by atomic mass is 10.1. The van der Waals surface area contributed by atoms with E-state index in [1.807, 2.05) is 37.3 Å². The van der Waals surface area contributed by atoms with Crippen LogP contribution in [0.15, 0.2) is 60.7 Å². The predicted octanol–water partition coefficient (Wildman–Crippen LogP) is 3.17. The van der Waals surface area contributed by atoms with Gasteiger partial charge in [-0.3, -0.25) is 4.79 Å². The van der Waals surface area contributed by atoms with Crippen molar-refractivity contribution in [2.24, 2.45) is 0 Å². The van der Waals surface area contributed by atoms with Gasteiger partial charge in [0.1, 0.15) is 0 Å². The second-order valence-corrected chi connectivity index (χ2v) is 6.55. The first-order valence-corrected chi connectivity index (χ1v) is 9.34. The van der Waals surface area contributed by atoms with Gasteiger partial charge in [-0.25, -0.2) is 9.59 Å². The number of aryl methyl sites for hydroxylation is 1. The number of hydrogen-bond acceptors (Lipinski definition) is 5. The second kappa shape index (κ2) is 11.4. The lowest BCUT2D eigenvalue weighted by Gasteiger charge is -2.13. The fraction of sp³-hybridized carbons (Fsp3) is 0.261. The summed E-state index contributed by atoms with van der Waals surface area (Å²) in [5, 5.41) is 2.82. The first-order valence-electron chi connectivity index (χ1n) is 9.34. The molecule has 1 amide bonds. The van der Waals surface area contributed by atoms with Crippen LogP contribution in [-0.4, -0.2) is 37.6 Å². The van der Waals surface area contributed by atoms with Crippen molar-refractivity contribution in [1.29, 1.82) is 0 Å². The standard InChI is InChI=1S/C23H25NO5/c1-17(8-9-18-6-4-3-5-7-18)24-21(25)16-29-22(26)15-12-19-10-13-20(14-11-19)23(27)28-2/h3-7,10-15,17H,8-9,16H2,1-2H3,(H,24,25)/b15-12+/t17-/m1/s1. The smallest absolute Gasteiger partial charge is 0.337 e. The van der Waals surface area contributed by atoms with E-state index >= 15 is 0 Å². The number of ether oxygens (including phenoxy) is 2. The molecule has 0 aliphatic rings. The molecule has 1 atom stereocenters. The number of methoxy groups -OCH3 is 1. The maximum atomic E-state index is 11.9. The molecular weight excluding hydrogens is 370 g/mol. The number of esters is 2. The summed E-state index contributed by atoms with van der Waals surface area (Å²) in [5.74, 6) is -1.38. The summed E-state index contributed by atoms with van der Waals surface area (Å²) in [6.07, 6.45) is 4.44. The van der Waals surface area contributed by atoms with Crippen molar-refractivity contribution in [3.05, 3.63) is 77.4 Å². The van der Waals surface area contributed by atoms with Crippen LogP contribution in [0.3, 0.4) is 0 Å². The lowest BCUT2D eigenvalue weighted by Crippen LogP contribution is -2.36. The quantitative estimate of drug-likeness (QED) is 0.521. The molecule has 2 aromatic carbocycles. The van der Waals surface area contributed by atoms with Crippen molar-refractivity contribution in [1.82, 2.24) is 5.32 Å². The van der Waals surface area contributed by atoms with Crippen molar-refractivity contribution in [3.8, 4) is 0 Å². The minimum Gasteiger partial charge on any atom is -0.465 e. The molecule has 0 aliphatic heterocycles. The first-order chi connectivity index (χ1) is 14.0. The van der Waals surface area contributed by atoms with Gasteiger partial charge in [0.25, 0.3) is 5.91 Å². The van der Waals surface area contributed by atoms with Gasteiger partial charge >= 0.3 is 11.9 Å². The van der Waals surface area contributed by atoms with E-state index < -0.39 is 11.9 Å². The highest BCUT2D eigenvalue weighted by Gasteiger charge is 2.09. The maximum Gasteiger partial charge on any atom is 0.337 e. The van der Waals surface area contributed by atoms with Gasteiger partial charge in [-0.1, -0.05) is 42.5 Å². The van der Waals surface area contributed by atoms with Crippen molar-refractivity contribution in [2.45, 2.75) is 25.8 Å². The molecule has 0 radical (unpaired) electrons. The molecule has 0 aliphatic carbocycles. The molecule has 0 bridgehead atoms. The molecule has 6 heteroatoms. The Bertz CT molecular complexity index is 843. The zero-order chi connectivity index (χ0) is 21.1. The van der Waals surface area contributed by atoms with E-state index in [-0.39, 0.29) is 18.6 Å². The van der Waals surface area contributed by atoms with Gasteiger partial charge < -0.3 is 14.8 Å². The highest BCUT2D eigenvalue weighted by atomic mass is 16.5. The minimum atomic E-state index is -0.617. The van der Waals surface area contributed by atoms with Crippen molar-refractivity contribution >= 4 is 23.9 Å². The summed E-state index contributed by atoms with van der Waals surface area (Å²) in [6, 6.07) is 16.6. The Morgan fingerprint density at radius 1 is 1.03 bits per heavy atom. The Hall–Kier alpha value is -3.41. The Kier molecular flexibility index (Phi) is 8.63. The van der Waals surface area contributed by atoms with Gasteiger partial charge in [0.05, 0.1) is 12.7 Å². The zero-order valence-corrected chi connectivity index (χ0v) is 16.6. The second-order valence-electron chi connectivity index (χ2n) is 6.55. The molecule has 2 rings (SSSR count). The number of carbonyl (C=O) groups is 3. The number of amides is 1. The van der Waals surface area contributed by atoms with Crippen LogP contribution in [0.1, 0.15) is 34.8 Å². The van der Waals surface area contributed by atoms with E-state index in [1.54, 1.807) is 30.3 Å². The molecule has 0 fully saturated rings. The monoisotopic (exact) mass is 395 g/mol. The van der Waals surface area contributed by atoms with Gasteiger partial charge in [0.2, 0.25) is 0 Å². The van der Waals surface area contributed by atoms with Gasteiger partial charge in [0, 0.05) is 12.1 Å². The van der Waals surface area contributed by atoms with Crippen LogP contribution in [0.25, 0.3) is 6.08 Å². The van der Waals surface area contributed by atoms with Crippen molar-refractivity contribution < 1.29 is 23.9 Å². The Morgan fingerprint density at radius 3 is 2.38 bits per heavy atom. The summed E-state index contributed by atoms with van der Waals surface area (Å²) in [5.41, 5.74) is 2.35. The van der Waals surface area contributed by atoms with Crippen LogP contribution >= 0.6 is 0 Å². The van der Waals surface area contributed by atoms with E-state index in [1.165, 1.54) is 18.7 Å². The Labute approximate surface area is 170 Å². The molecule has 2 aromatic rings. The number of hydrogen-bond donors (Lipinski definition) is 1. The summed E-state index contributed by atoms with van der Waals surface area (Å²) in [7, 11) is 1.31. The maximum absolute atomic E-state index is 11.9. The summed E-state index contributed by atoms with van der Waals surface area (Å²) in [6.45, 7) is 1.58. The topological polar surface area (TPSA) is 81.7 Å². The average Bonchev–Trinajstić information content (AvgIpc) is 2.75. The van der Waals surface area contributed by atoms with E-state index in [9.17, 15) is 14.4 Å². The fourth-order valence-corrected chi connectivity index (χ4v) is 2.61. The first kappa shape index (κ1) is 21.9. The summed E-state index contributed by atoms with van der Waals surface area (Å²) in [4.78, 5) is 35.1. The van der Waals surface area contributed by atoms with Crippen LogP contribution in [-0.2, 0) is 25.5 Å². The summed E-state index contributed by atoms with van der Waals surface area (Å²) >= 11 is 0.